The van der Waals surface area contributed by atoms with E-state index in [0.29, 0.717) is 5.41 Å². The summed E-state index contributed by atoms with van der Waals surface area (Å²) in [7, 11) is 0. The normalized spacial score (nSPS) is 18.7. The molecule has 2 heteroatoms. The summed E-state index contributed by atoms with van der Waals surface area (Å²) < 4.78 is 0. The zero-order valence-electron chi connectivity index (χ0n) is 12.1. The molecule has 2 rings (SSSR count). The van der Waals surface area contributed by atoms with Crippen LogP contribution in [0.5, 0.6) is 0 Å². The summed E-state index contributed by atoms with van der Waals surface area (Å²) in [6.07, 6.45) is 7.04. The Morgan fingerprint density at radius 3 is 2.37 bits per heavy atom. The molecule has 1 aromatic rings. The van der Waals surface area contributed by atoms with E-state index in [1.165, 1.54) is 44.2 Å². The molecule has 0 aliphatic heterocycles. The van der Waals surface area contributed by atoms with Gasteiger partial charge in [0.05, 0.1) is 0 Å². The van der Waals surface area contributed by atoms with Crippen molar-refractivity contribution < 1.29 is 0 Å². The molecule has 1 nitrogen and oxygen atoms in total. The third-order valence-electron chi connectivity index (χ3n) is 4.45. The zero-order valence-corrected chi connectivity index (χ0v) is 13.7. The first-order chi connectivity index (χ1) is 9.28. The fourth-order valence-electron chi connectivity index (χ4n) is 3.23. The Morgan fingerprint density at radius 1 is 1.11 bits per heavy atom. The lowest BCUT2D eigenvalue weighted by Gasteiger charge is -2.40. The topological polar surface area (TPSA) is 3.24 Å². The van der Waals surface area contributed by atoms with Gasteiger partial charge in [-0.3, -0.25) is 4.90 Å². The van der Waals surface area contributed by atoms with Gasteiger partial charge in [-0.05, 0) is 30.4 Å². The Labute approximate surface area is 126 Å². The highest BCUT2D eigenvalue weighted by molar-refractivity contribution is 9.09. The number of rotatable bonds is 6. The highest BCUT2D eigenvalue weighted by Crippen LogP contribution is 2.38. The first-order valence-corrected chi connectivity index (χ1v) is 8.72. The molecule has 0 aromatic heterocycles. The fraction of sp³-hybridized carbons (Fsp3) is 0.647. The molecule has 1 aromatic carbocycles. The van der Waals surface area contributed by atoms with E-state index in [4.69, 9.17) is 0 Å². The third-order valence-corrected chi connectivity index (χ3v) is 5.64. The number of hydrogen-bond acceptors (Lipinski definition) is 1. The molecule has 0 bridgehead atoms. The quantitative estimate of drug-likeness (QED) is 0.676. The SMILES string of the molecule is CCN(Cc1ccccc1)CC1(CBr)CCCCC1. The van der Waals surface area contributed by atoms with E-state index >= 15 is 0 Å². The average molecular weight is 324 g/mol. The van der Waals surface area contributed by atoms with Gasteiger partial charge in [0.1, 0.15) is 0 Å². The summed E-state index contributed by atoms with van der Waals surface area (Å²) in [4.78, 5) is 2.61. The summed E-state index contributed by atoms with van der Waals surface area (Å²) in [6.45, 7) is 5.76. The van der Waals surface area contributed by atoms with Crippen LogP contribution < -0.4 is 0 Å². The van der Waals surface area contributed by atoms with Gasteiger partial charge in [-0.2, -0.15) is 0 Å². The maximum Gasteiger partial charge on any atom is 0.0233 e. The molecular weight excluding hydrogens is 298 g/mol. The fourth-order valence-corrected chi connectivity index (χ4v) is 3.97. The van der Waals surface area contributed by atoms with Crippen molar-refractivity contribution in [1.82, 2.24) is 4.90 Å². The van der Waals surface area contributed by atoms with Crippen molar-refractivity contribution in [3.05, 3.63) is 35.9 Å². The average Bonchev–Trinajstić information content (AvgIpc) is 2.48. The molecule has 0 heterocycles. The van der Waals surface area contributed by atoms with Crippen LogP contribution in [0.1, 0.15) is 44.6 Å². The maximum absolute atomic E-state index is 3.78. The zero-order chi connectivity index (χ0) is 13.6. The van der Waals surface area contributed by atoms with E-state index in [1.54, 1.807) is 0 Å². The molecule has 0 saturated heterocycles. The molecule has 1 aliphatic rings. The van der Waals surface area contributed by atoms with E-state index < -0.39 is 0 Å². The van der Waals surface area contributed by atoms with Gasteiger partial charge < -0.3 is 0 Å². The first kappa shape index (κ1) is 15.1. The molecule has 106 valence electrons. The van der Waals surface area contributed by atoms with Crippen molar-refractivity contribution in [3.8, 4) is 0 Å². The number of halogens is 1. The Morgan fingerprint density at radius 2 is 1.79 bits per heavy atom. The van der Waals surface area contributed by atoms with Gasteiger partial charge in [-0.15, -0.1) is 0 Å². The van der Waals surface area contributed by atoms with Gasteiger partial charge in [0.25, 0.3) is 0 Å². The van der Waals surface area contributed by atoms with E-state index in [2.05, 4.69) is 58.1 Å². The molecule has 0 unspecified atom stereocenters. The molecular formula is C17H26BrN. The Hall–Kier alpha value is -0.340. The van der Waals surface area contributed by atoms with Gasteiger partial charge in [-0.25, -0.2) is 0 Å². The minimum absolute atomic E-state index is 0.517. The second kappa shape index (κ2) is 7.44. The molecule has 0 radical (unpaired) electrons. The van der Waals surface area contributed by atoms with E-state index in [9.17, 15) is 0 Å². The molecule has 1 saturated carbocycles. The number of benzene rings is 1. The molecule has 0 spiro atoms. The van der Waals surface area contributed by atoms with Crippen LogP contribution in [0.2, 0.25) is 0 Å². The van der Waals surface area contributed by atoms with Crippen molar-refractivity contribution in [2.24, 2.45) is 5.41 Å². The third kappa shape index (κ3) is 4.32. The largest absolute Gasteiger partial charge is 0.299 e. The van der Waals surface area contributed by atoms with Crippen molar-refractivity contribution in [1.29, 1.82) is 0 Å². The predicted octanol–water partition coefficient (Wildman–Crippen LogP) is 4.85. The van der Waals surface area contributed by atoms with Crippen LogP contribution in [0, 0.1) is 5.41 Å². The minimum atomic E-state index is 0.517. The summed E-state index contributed by atoms with van der Waals surface area (Å²) in [6, 6.07) is 10.9. The standard InChI is InChI=1S/C17H26BrN/c1-2-19(13-16-9-5-3-6-10-16)15-17(14-18)11-7-4-8-12-17/h3,5-6,9-10H,2,4,7-8,11-15H2,1H3. The van der Waals surface area contributed by atoms with Gasteiger partial charge in [0.2, 0.25) is 0 Å². The van der Waals surface area contributed by atoms with Crippen LogP contribution in [-0.2, 0) is 6.54 Å². The van der Waals surface area contributed by atoms with Gasteiger partial charge >= 0.3 is 0 Å². The van der Waals surface area contributed by atoms with E-state index in [-0.39, 0.29) is 0 Å². The molecule has 0 atom stereocenters. The van der Waals surface area contributed by atoms with Gasteiger partial charge in [0, 0.05) is 18.4 Å². The summed E-state index contributed by atoms with van der Waals surface area (Å²) in [5, 5.41) is 1.16. The second-order valence-corrected chi connectivity index (χ2v) is 6.54. The summed E-state index contributed by atoms with van der Waals surface area (Å²) in [5.41, 5.74) is 1.95. The van der Waals surface area contributed by atoms with Crippen LogP contribution in [0.3, 0.4) is 0 Å². The number of alkyl halides is 1. The van der Waals surface area contributed by atoms with Crippen LogP contribution in [0.25, 0.3) is 0 Å². The Bertz CT molecular complexity index is 357. The van der Waals surface area contributed by atoms with E-state index in [1.807, 2.05) is 0 Å². The maximum atomic E-state index is 3.78. The van der Waals surface area contributed by atoms with Crippen molar-refractivity contribution in [2.75, 3.05) is 18.4 Å². The Balaban J connectivity index is 1.97. The second-order valence-electron chi connectivity index (χ2n) is 5.98. The van der Waals surface area contributed by atoms with Crippen LogP contribution in [-0.4, -0.2) is 23.3 Å². The molecule has 0 N–H and O–H groups in total. The number of hydrogen-bond donors (Lipinski definition) is 0. The van der Waals surface area contributed by atoms with Crippen LogP contribution in [0.15, 0.2) is 30.3 Å². The summed E-state index contributed by atoms with van der Waals surface area (Å²) in [5.74, 6) is 0. The van der Waals surface area contributed by atoms with E-state index in [0.717, 1.165) is 18.4 Å². The lowest BCUT2D eigenvalue weighted by molar-refractivity contribution is 0.126. The molecule has 1 fully saturated rings. The van der Waals surface area contributed by atoms with Gasteiger partial charge in [0.15, 0.2) is 0 Å². The first-order valence-electron chi connectivity index (χ1n) is 7.60. The highest BCUT2D eigenvalue weighted by atomic mass is 79.9. The molecule has 19 heavy (non-hydrogen) atoms. The number of nitrogens with zero attached hydrogens (tertiary/aromatic N) is 1. The monoisotopic (exact) mass is 323 g/mol. The van der Waals surface area contributed by atoms with Crippen LogP contribution >= 0.6 is 15.9 Å². The summed E-state index contributed by atoms with van der Waals surface area (Å²) >= 11 is 3.78. The van der Waals surface area contributed by atoms with Crippen molar-refractivity contribution in [3.63, 3.8) is 0 Å². The predicted molar refractivity (Wildman–Crippen MR) is 86.7 cm³/mol. The van der Waals surface area contributed by atoms with Crippen molar-refractivity contribution in [2.45, 2.75) is 45.6 Å². The minimum Gasteiger partial charge on any atom is -0.299 e. The lowest BCUT2D eigenvalue weighted by Crippen LogP contribution is -2.40. The Kier molecular flexibility index (Phi) is 5.90. The van der Waals surface area contributed by atoms with Crippen molar-refractivity contribution >= 4 is 15.9 Å². The van der Waals surface area contributed by atoms with Crippen LogP contribution in [0.4, 0.5) is 0 Å². The highest BCUT2D eigenvalue weighted by Gasteiger charge is 2.32. The van der Waals surface area contributed by atoms with Gasteiger partial charge in [-0.1, -0.05) is 72.4 Å². The molecule has 0 amide bonds. The smallest absolute Gasteiger partial charge is 0.0233 e. The molecule has 1 aliphatic carbocycles. The lowest BCUT2D eigenvalue weighted by atomic mass is 9.75.